The first-order valence-electron chi connectivity index (χ1n) is 10.5. The van der Waals surface area contributed by atoms with Gasteiger partial charge in [-0.15, -0.1) is 0 Å². The summed E-state index contributed by atoms with van der Waals surface area (Å²) in [6, 6.07) is 11.8. The number of amides is 2. The Morgan fingerprint density at radius 2 is 1.73 bits per heavy atom. The van der Waals surface area contributed by atoms with Crippen LogP contribution in [0.2, 0.25) is 10.0 Å². The quantitative estimate of drug-likeness (QED) is 0.238. The van der Waals surface area contributed by atoms with Crippen molar-refractivity contribution in [2.45, 2.75) is 33.1 Å². The molecule has 0 aliphatic heterocycles. The minimum atomic E-state index is -0.435. The van der Waals surface area contributed by atoms with E-state index in [0.29, 0.717) is 52.7 Å². The fourth-order valence-corrected chi connectivity index (χ4v) is 3.19. The minimum absolute atomic E-state index is 0.0328. The Hall–Kier alpha value is -2.55. The van der Waals surface area contributed by atoms with Gasteiger partial charge >= 0.3 is 0 Å². The molecular formula is C23H27Cl2N3O4S. The summed E-state index contributed by atoms with van der Waals surface area (Å²) in [4.78, 5) is 24.5. The first-order chi connectivity index (χ1) is 15.8. The van der Waals surface area contributed by atoms with Crippen molar-refractivity contribution in [2.24, 2.45) is 5.92 Å². The maximum atomic E-state index is 12.5. The van der Waals surface area contributed by atoms with E-state index in [1.54, 1.807) is 42.5 Å². The lowest BCUT2D eigenvalue weighted by atomic mass is 10.1. The highest BCUT2D eigenvalue weighted by Gasteiger charge is 2.14. The smallest absolute Gasteiger partial charge is 0.261 e. The number of halogens is 2. The van der Waals surface area contributed by atoms with Gasteiger partial charge in [-0.05, 0) is 61.3 Å². The summed E-state index contributed by atoms with van der Waals surface area (Å²) in [5.74, 6) is 0.721. The van der Waals surface area contributed by atoms with Crippen molar-refractivity contribution in [3.8, 4) is 11.5 Å². The van der Waals surface area contributed by atoms with E-state index in [-0.39, 0.29) is 17.4 Å². The maximum Gasteiger partial charge on any atom is 0.261 e. The van der Waals surface area contributed by atoms with Gasteiger partial charge in [0.1, 0.15) is 11.5 Å². The van der Waals surface area contributed by atoms with Crippen LogP contribution in [0.1, 0.15) is 43.5 Å². The van der Waals surface area contributed by atoms with Gasteiger partial charge in [-0.2, -0.15) is 0 Å². The number of thiocarbonyl (C=S) groups is 1. The van der Waals surface area contributed by atoms with E-state index >= 15 is 0 Å². The number of para-hydroxylation sites is 1. The molecule has 33 heavy (non-hydrogen) atoms. The number of hydrogen-bond donors (Lipinski definition) is 3. The molecule has 0 radical (unpaired) electrons. The summed E-state index contributed by atoms with van der Waals surface area (Å²) in [6.45, 7) is 5.00. The second-order valence-electron chi connectivity index (χ2n) is 7.51. The predicted molar refractivity (Wildman–Crippen MR) is 134 cm³/mol. The lowest BCUT2D eigenvalue weighted by molar-refractivity contribution is -0.121. The lowest BCUT2D eigenvalue weighted by Crippen LogP contribution is -2.48. The average molecular weight is 512 g/mol. The Balaban J connectivity index is 1.70. The molecule has 0 fully saturated rings. The summed E-state index contributed by atoms with van der Waals surface area (Å²) in [5, 5.41) is 3.42. The van der Waals surface area contributed by atoms with E-state index in [9.17, 15) is 9.59 Å². The van der Waals surface area contributed by atoms with Gasteiger partial charge in [0.25, 0.3) is 5.91 Å². The summed E-state index contributed by atoms with van der Waals surface area (Å²) in [5.41, 5.74) is 5.32. The third-order valence-electron chi connectivity index (χ3n) is 4.33. The molecule has 0 aliphatic rings. The van der Waals surface area contributed by atoms with Crippen molar-refractivity contribution in [3.63, 3.8) is 0 Å². The summed E-state index contributed by atoms with van der Waals surface area (Å²) < 4.78 is 11.3. The molecule has 0 spiro atoms. The van der Waals surface area contributed by atoms with Gasteiger partial charge in [0.05, 0.1) is 23.8 Å². The normalized spacial score (nSPS) is 10.5. The fraction of sp³-hybridized carbons (Fsp3) is 0.348. The van der Waals surface area contributed by atoms with Crippen LogP contribution in [0.5, 0.6) is 11.5 Å². The Morgan fingerprint density at radius 1 is 1.00 bits per heavy atom. The Morgan fingerprint density at radius 3 is 2.45 bits per heavy atom. The number of carbonyl (C=O) groups is 2. The number of hydrazine groups is 1. The zero-order chi connectivity index (χ0) is 24.2. The molecule has 0 aromatic heterocycles. The summed E-state index contributed by atoms with van der Waals surface area (Å²) in [6.07, 6.45) is 1.51. The summed E-state index contributed by atoms with van der Waals surface area (Å²) >= 11 is 17.0. The van der Waals surface area contributed by atoms with Crippen LogP contribution in [0.3, 0.4) is 0 Å². The van der Waals surface area contributed by atoms with E-state index in [1.165, 1.54) is 0 Å². The second kappa shape index (κ2) is 13.9. The Bertz CT molecular complexity index is 972. The number of ether oxygens (including phenoxy) is 2. The molecule has 0 atom stereocenters. The van der Waals surface area contributed by atoms with Crippen molar-refractivity contribution in [1.29, 1.82) is 0 Å². The van der Waals surface area contributed by atoms with Crippen LogP contribution in [0.25, 0.3) is 0 Å². The SMILES string of the molecule is CC(C)CCOc1ccccc1C(=O)NC(=S)NNC(=O)CCCOc1ccc(Cl)cc1Cl. The van der Waals surface area contributed by atoms with Crippen LogP contribution in [0.15, 0.2) is 42.5 Å². The first kappa shape index (κ1) is 26.7. The largest absolute Gasteiger partial charge is 0.493 e. The molecule has 178 valence electrons. The highest BCUT2D eigenvalue weighted by molar-refractivity contribution is 7.80. The molecule has 2 aromatic carbocycles. The second-order valence-corrected chi connectivity index (χ2v) is 8.76. The fourth-order valence-electron chi connectivity index (χ4n) is 2.58. The standard InChI is InChI=1S/C23H27Cl2N3O4S/c1-15(2)11-13-32-19-7-4-3-6-17(19)22(30)26-23(33)28-27-21(29)8-5-12-31-20-10-9-16(24)14-18(20)25/h3-4,6-7,9-10,14-15H,5,8,11-13H2,1-2H3,(H,27,29)(H2,26,28,30,33). The van der Waals surface area contributed by atoms with E-state index in [2.05, 4.69) is 30.0 Å². The van der Waals surface area contributed by atoms with Crippen LogP contribution in [-0.4, -0.2) is 30.1 Å². The molecule has 0 bridgehead atoms. The summed E-state index contributed by atoms with van der Waals surface area (Å²) in [7, 11) is 0. The number of rotatable bonds is 10. The zero-order valence-corrected chi connectivity index (χ0v) is 20.8. The van der Waals surface area contributed by atoms with Crippen LogP contribution < -0.4 is 25.6 Å². The van der Waals surface area contributed by atoms with Crippen molar-refractivity contribution >= 4 is 52.3 Å². The van der Waals surface area contributed by atoms with E-state index in [4.69, 9.17) is 44.9 Å². The van der Waals surface area contributed by atoms with Gasteiger partial charge in [0.2, 0.25) is 5.91 Å². The van der Waals surface area contributed by atoms with E-state index < -0.39 is 5.91 Å². The van der Waals surface area contributed by atoms with Gasteiger partial charge in [0, 0.05) is 11.4 Å². The Labute approximate surface area is 209 Å². The van der Waals surface area contributed by atoms with Crippen molar-refractivity contribution < 1.29 is 19.1 Å². The monoisotopic (exact) mass is 511 g/mol. The maximum absolute atomic E-state index is 12.5. The predicted octanol–water partition coefficient (Wildman–Crippen LogP) is 4.91. The topological polar surface area (TPSA) is 88.7 Å². The van der Waals surface area contributed by atoms with Gasteiger partial charge in [-0.25, -0.2) is 0 Å². The average Bonchev–Trinajstić information content (AvgIpc) is 2.76. The van der Waals surface area contributed by atoms with Gasteiger partial charge in [0.15, 0.2) is 5.11 Å². The first-order valence-corrected chi connectivity index (χ1v) is 11.6. The molecule has 0 aliphatic carbocycles. The molecule has 2 aromatic rings. The molecule has 3 N–H and O–H groups in total. The zero-order valence-electron chi connectivity index (χ0n) is 18.5. The third kappa shape index (κ3) is 9.86. The third-order valence-corrected chi connectivity index (χ3v) is 5.06. The van der Waals surface area contributed by atoms with Crippen molar-refractivity contribution in [2.75, 3.05) is 13.2 Å². The molecule has 10 heteroatoms. The minimum Gasteiger partial charge on any atom is -0.493 e. The number of nitrogens with one attached hydrogen (secondary N) is 3. The van der Waals surface area contributed by atoms with E-state index in [0.717, 1.165) is 6.42 Å². The Kier molecular flexibility index (Phi) is 11.2. The molecule has 0 heterocycles. The molecule has 0 saturated carbocycles. The molecule has 0 unspecified atom stereocenters. The number of carbonyl (C=O) groups excluding carboxylic acids is 2. The number of hydrogen-bond acceptors (Lipinski definition) is 5. The van der Waals surface area contributed by atoms with Crippen LogP contribution >= 0.6 is 35.4 Å². The van der Waals surface area contributed by atoms with Crippen LogP contribution in [0, 0.1) is 5.92 Å². The molecule has 2 amide bonds. The van der Waals surface area contributed by atoms with Gasteiger partial charge < -0.3 is 9.47 Å². The highest BCUT2D eigenvalue weighted by atomic mass is 35.5. The molecule has 0 saturated heterocycles. The molecular weight excluding hydrogens is 485 g/mol. The van der Waals surface area contributed by atoms with Gasteiger partial charge in [-0.3, -0.25) is 25.8 Å². The highest BCUT2D eigenvalue weighted by Crippen LogP contribution is 2.27. The number of benzene rings is 2. The molecule has 7 nitrogen and oxygen atoms in total. The van der Waals surface area contributed by atoms with Crippen LogP contribution in [0.4, 0.5) is 0 Å². The van der Waals surface area contributed by atoms with Crippen molar-refractivity contribution in [3.05, 3.63) is 58.1 Å². The van der Waals surface area contributed by atoms with Crippen molar-refractivity contribution in [1.82, 2.24) is 16.2 Å². The lowest BCUT2D eigenvalue weighted by Gasteiger charge is -2.14. The van der Waals surface area contributed by atoms with E-state index in [1.807, 2.05) is 0 Å². The van der Waals surface area contributed by atoms with Gasteiger partial charge in [-0.1, -0.05) is 49.2 Å². The van der Waals surface area contributed by atoms with Crippen LogP contribution in [-0.2, 0) is 4.79 Å². The molecule has 2 rings (SSSR count).